The molecule has 0 spiro atoms. The summed E-state index contributed by atoms with van der Waals surface area (Å²) in [5.74, 6) is 0. The van der Waals surface area contributed by atoms with Crippen molar-refractivity contribution in [2.45, 2.75) is 24.9 Å². The van der Waals surface area contributed by atoms with Crippen LogP contribution in [0.3, 0.4) is 0 Å². The molecule has 0 aliphatic heterocycles. The molecule has 0 saturated carbocycles. The molecule has 74 valence electrons. The fourth-order valence-electron chi connectivity index (χ4n) is 1.44. The van der Waals surface area contributed by atoms with Crippen LogP contribution in [0.15, 0.2) is 17.7 Å². The van der Waals surface area contributed by atoms with Gasteiger partial charge >= 0.3 is 0 Å². The number of fused-ring (bicyclic) bond motifs is 1. The summed E-state index contributed by atoms with van der Waals surface area (Å²) in [6.45, 7) is 3.12. The number of nitrogens with zero attached hydrogens (tertiary/aromatic N) is 4. The minimum absolute atomic E-state index is 0.790. The van der Waals surface area contributed by atoms with Crippen molar-refractivity contribution in [3.05, 3.63) is 12.7 Å². The second-order valence-corrected chi connectivity index (χ2v) is 3.79. The molecule has 4 nitrogen and oxygen atoms in total. The van der Waals surface area contributed by atoms with E-state index in [0.717, 1.165) is 29.2 Å². The zero-order chi connectivity index (χ0) is 9.97. The first-order valence-corrected chi connectivity index (χ1v) is 5.79. The van der Waals surface area contributed by atoms with Crippen LogP contribution in [0, 0.1) is 0 Å². The molecule has 0 aliphatic carbocycles. The van der Waals surface area contributed by atoms with E-state index in [1.165, 1.54) is 0 Å². The van der Waals surface area contributed by atoms with Gasteiger partial charge in [0.25, 0.3) is 0 Å². The maximum Gasteiger partial charge on any atom is 0.181 e. The molecule has 2 aromatic heterocycles. The van der Waals surface area contributed by atoms with Crippen LogP contribution in [0.4, 0.5) is 0 Å². The van der Waals surface area contributed by atoms with Gasteiger partial charge in [-0.3, -0.25) is 0 Å². The largest absolute Gasteiger partial charge is 0.327 e. The Bertz CT molecular complexity index is 437. The van der Waals surface area contributed by atoms with Crippen molar-refractivity contribution in [3.8, 4) is 0 Å². The Kier molecular flexibility index (Phi) is 2.67. The predicted molar refractivity (Wildman–Crippen MR) is 57.4 cm³/mol. The minimum Gasteiger partial charge on any atom is -0.327 e. The van der Waals surface area contributed by atoms with Crippen molar-refractivity contribution in [3.63, 3.8) is 0 Å². The predicted octanol–water partition coefficient (Wildman–Crippen LogP) is 1.96. The molecule has 0 fully saturated rings. The van der Waals surface area contributed by atoms with Crippen molar-refractivity contribution in [1.29, 1.82) is 0 Å². The Hall–Kier alpha value is -1.10. The van der Waals surface area contributed by atoms with Gasteiger partial charge in [-0.2, -0.15) is 0 Å². The third-order valence-electron chi connectivity index (χ3n) is 2.03. The van der Waals surface area contributed by atoms with Gasteiger partial charge in [0.1, 0.15) is 16.9 Å². The lowest BCUT2D eigenvalue weighted by molar-refractivity contribution is 0.692. The van der Waals surface area contributed by atoms with Gasteiger partial charge in [0.2, 0.25) is 0 Å². The molecule has 0 unspecified atom stereocenters. The van der Waals surface area contributed by atoms with Gasteiger partial charge in [-0.05, 0) is 12.7 Å². The Balaban J connectivity index is 2.62. The third kappa shape index (κ3) is 1.48. The van der Waals surface area contributed by atoms with Crippen molar-refractivity contribution in [1.82, 2.24) is 19.5 Å². The van der Waals surface area contributed by atoms with Crippen molar-refractivity contribution in [2.75, 3.05) is 6.26 Å². The monoisotopic (exact) mass is 208 g/mol. The number of hydrogen-bond acceptors (Lipinski definition) is 4. The molecule has 0 atom stereocenters. The van der Waals surface area contributed by atoms with Crippen LogP contribution in [0.1, 0.15) is 13.3 Å². The lowest BCUT2D eigenvalue weighted by Gasteiger charge is -2.03. The van der Waals surface area contributed by atoms with Gasteiger partial charge in [0.15, 0.2) is 5.65 Å². The lowest BCUT2D eigenvalue weighted by Crippen LogP contribution is -1.96. The number of hydrogen-bond donors (Lipinski definition) is 0. The minimum atomic E-state index is 0.790. The van der Waals surface area contributed by atoms with Gasteiger partial charge < -0.3 is 4.57 Å². The van der Waals surface area contributed by atoms with E-state index < -0.39 is 0 Å². The van der Waals surface area contributed by atoms with Gasteiger partial charge in [0.05, 0.1) is 6.33 Å². The van der Waals surface area contributed by atoms with Gasteiger partial charge in [-0.1, -0.05) is 6.92 Å². The molecular formula is C9H12N4S. The molecule has 0 saturated heterocycles. The first-order valence-electron chi connectivity index (χ1n) is 4.56. The van der Waals surface area contributed by atoms with E-state index >= 15 is 0 Å². The smallest absolute Gasteiger partial charge is 0.181 e. The summed E-state index contributed by atoms with van der Waals surface area (Å²) in [4.78, 5) is 12.6. The molecule has 0 aromatic carbocycles. The maximum absolute atomic E-state index is 4.24. The highest BCUT2D eigenvalue weighted by Gasteiger charge is 2.08. The molecule has 2 heterocycles. The Morgan fingerprint density at radius 2 is 2.21 bits per heavy atom. The number of aryl methyl sites for hydroxylation is 1. The van der Waals surface area contributed by atoms with E-state index in [2.05, 4.69) is 26.4 Å². The SMILES string of the molecule is CCCn1cnc2ncnc(SC)c21. The second-order valence-electron chi connectivity index (χ2n) is 2.99. The van der Waals surface area contributed by atoms with Crippen LogP contribution in [0.25, 0.3) is 11.2 Å². The molecular weight excluding hydrogens is 196 g/mol. The number of rotatable bonds is 3. The fraction of sp³-hybridized carbons (Fsp3) is 0.444. The normalized spacial score (nSPS) is 11.0. The van der Waals surface area contributed by atoms with Gasteiger partial charge in [0, 0.05) is 6.54 Å². The molecule has 0 N–H and O–H groups in total. The zero-order valence-electron chi connectivity index (χ0n) is 8.27. The van der Waals surface area contributed by atoms with Crippen LogP contribution < -0.4 is 0 Å². The zero-order valence-corrected chi connectivity index (χ0v) is 9.08. The van der Waals surface area contributed by atoms with E-state index in [0.29, 0.717) is 0 Å². The van der Waals surface area contributed by atoms with Crippen LogP contribution in [0.5, 0.6) is 0 Å². The van der Waals surface area contributed by atoms with Crippen molar-refractivity contribution in [2.24, 2.45) is 0 Å². The van der Waals surface area contributed by atoms with E-state index in [1.807, 2.05) is 12.6 Å². The molecule has 14 heavy (non-hydrogen) atoms. The van der Waals surface area contributed by atoms with Crippen LogP contribution in [-0.2, 0) is 6.54 Å². The second kappa shape index (κ2) is 3.96. The fourth-order valence-corrected chi connectivity index (χ4v) is 2.00. The first-order chi connectivity index (χ1) is 6.86. The maximum atomic E-state index is 4.24. The van der Waals surface area contributed by atoms with Crippen LogP contribution in [-0.4, -0.2) is 25.8 Å². The van der Waals surface area contributed by atoms with E-state index in [1.54, 1.807) is 18.1 Å². The average molecular weight is 208 g/mol. The summed E-state index contributed by atoms with van der Waals surface area (Å²) in [6, 6.07) is 0. The van der Waals surface area contributed by atoms with Crippen molar-refractivity contribution >= 4 is 22.9 Å². The number of thioether (sulfide) groups is 1. The summed E-state index contributed by atoms with van der Waals surface area (Å²) >= 11 is 1.63. The van der Waals surface area contributed by atoms with E-state index in [9.17, 15) is 0 Å². The third-order valence-corrected chi connectivity index (χ3v) is 2.72. The highest BCUT2D eigenvalue weighted by molar-refractivity contribution is 7.98. The quantitative estimate of drug-likeness (QED) is 0.571. The summed E-state index contributed by atoms with van der Waals surface area (Å²) in [5, 5.41) is 1.00. The molecule has 0 bridgehead atoms. The lowest BCUT2D eigenvalue weighted by atomic mass is 10.4. The summed E-state index contributed by atoms with van der Waals surface area (Å²) in [7, 11) is 0. The topological polar surface area (TPSA) is 43.6 Å². The van der Waals surface area contributed by atoms with Gasteiger partial charge in [-0.25, -0.2) is 15.0 Å². The Morgan fingerprint density at radius 1 is 1.36 bits per heavy atom. The number of imidazole rings is 1. The molecule has 5 heteroatoms. The first kappa shape index (κ1) is 9.45. The highest BCUT2D eigenvalue weighted by Crippen LogP contribution is 2.21. The molecule has 2 aromatic rings. The van der Waals surface area contributed by atoms with Crippen molar-refractivity contribution < 1.29 is 0 Å². The van der Waals surface area contributed by atoms with Crippen LogP contribution >= 0.6 is 11.8 Å². The molecule has 0 radical (unpaired) electrons. The summed E-state index contributed by atoms with van der Waals surface area (Å²) in [6.07, 6.45) is 6.51. The van der Waals surface area contributed by atoms with Gasteiger partial charge in [-0.15, -0.1) is 11.8 Å². The Morgan fingerprint density at radius 3 is 2.93 bits per heavy atom. The van der Waals surface area contributed by atoms with E-state index in [4.69, 9.17) is 0 Å². The summed E-state index contributed by atoms with van der Waals surface area (Å²) < 4.78 is 2.11. The molecule has 0 amide bonds. The highest BCUT2D eigenvalue weighted by atomic mass is 32.2. The molecule has 0 aliphatic rings. The van der Waals surface area contributed by atoms with E-state index in [-0.39, 0.29) is 0 Å². The Labute approximate surface area is 86.8 Å². The number of aromatic nitrogens is 4. The average Bonchev–Trinajstić information content (AvgIpc) is 2.62. The van der Waals surface area contributed by atoms with Crippen LogP contribution in [0.2, 0.25) is 0 Å². The molecule has 2 rings (SSSR count). The standard InChI is InChI=1S/C9H12N4S/c1-3-4-13-6-12-8-7(13)9(14-2)11-5-10-8/h5-6H,3-4H2,1-2H3. The summed E-state index contributed by atoms with van der Waals surface area (Å²) in [5.41, 5.74) is 1.85.